The predicted molar refractivity (Wildman–Crippen MR) is 112 cm³/mol. The molecule has 0 saturated carbocycles. The van der Waals surface area contributed by atoms with Crippen LogP contribution in [-0.4, -0.2) is 62.4 Å². The fourth-order valence-corrected chi connectivity index (χ4v) is 4.67. The molecule has 31 heavy (non-hydrogen) atoms. The number of benzene rings is 1. The Kier molecular flexibility index (Phi) is 5.56. The van der Waals surface area contributed by atoms with Gasteiger partial charge in [-0.25, -0.2) is 4.79 Å². The topological polar surface area (TPSA) is 81.0 Å². The molecule has 2 aromatic rings. The standard InChI is InChI=1S/C23H28N2O6/c1-23(13-29-14-23)21(27-2)16-3-4-18-15(9-16)5-6-25-19(18)10-20(24-22(25)26)31-12-17-11-28-7-8-30-17/h3-4,9-10,17,21H,5-8,11-14H2,1-2H3/t17-,21?/m0/s1. The summed E-state index contributed by atoms with van der Waals surface area (Å²) in [6.07, 6.45) is 0.603. The highest BCUT2D eigenvalue weighted by molar-refractivity contribution is 5.67. The van der Waals surface area contributed by atoms with Crippen LogP contribution in [0.5, 0.6) is 5.88 Å². The maximum atomic E-state index is 12.6. The Morgan fingerprint density at radius 3 is 2.84 bits per heavy atom. The van der Waals surface area contributed by atoms with Crippen molar-refractivity contribution in [2.24, 2.45) is 5.41 Å². The minimum Gasteiger partial charge on any atom is -0.475 e. The minimum absolute atomic E-state index is 0.0116. The quantitative estimate of drug-likeness (QED) is 0.696. The van der Waals surface area contributed by atoms with Crippen LogP contribution in [0.1, 0.15) is 24.2 Å². The van der Waals surface area contributed by atoms with Crippen molar-refractivity contribution >= 4 is 0 Å². The number of aromatic nitrogens is 2. The summed E-state index contributed by atoms with van der Waals surface area (Å²) in [5.41, 5.74) is 3.89. The second kappa shape index (κ2) is 8.35. The summed E-state index contributed by atoms with van der Waals surface area (Å²) < 4.78 is 29.8. The summed E-state index contributed by atoms with van der Waals surface area (Å²) in [5.74, 6) is 0.316. The van der Waals surface area contributed by atoms with E-state index in [0.717, 1.165) is 23.2 Å². The normalized spacial score (nSPS) is 22.7. The van der Waals surface area contributed by atoms with E-state index in [-0.39, 0.29) is 23.3 Å². The van der Waals surface area contributed by atoms with E-state index < -0.39 is 0 Å². The van der Waals surface area contributed by atoms with E-state index in [0.29, 0.717) is 52.1 Å². The molecule has 5 rings (SSSR count). The summed E-state index contributed by atoms with van der Waals surface area (Å²) in [6, 6.07) is 8.21. The van der Waals surface area contributed by atoms with Crippen molar-refractivity contribution in [3.8, 4) is 17.1 Å². The van der Waals surface area contributed by atoms with Crippen molar-refractivity contribution in [3.05, 3.63) is 45.9 Å². The maximum Gasteiger partial charge on any atom is 0.351 e. The number of hydrogen-bond donors (Lipinski definition) is 0. The number of methoxy groups -OCH3 is 1. The van der Waals surface area contributed by atoms with Gasteiger partial charge in [0.15, 0.2) is 0 Å². The molecule has 4 heterocycles. The van der Waals surface area contributed by atoms with E-state index in [9.17, 15) is 4.79 Å². The third-order valence-corrected chi connectivity index (χ3v) is 6.33. The third kappa shape index (κ3) is 3.89. The molecule has 8 nitrogen and oxygen atoms in total. The highest BCUT2D eigenvalue weighted by atomic mass is 16.6. The Hall–Kier alpha value is -2.26. The van der Waals surface area contributed by atoms with E-state index in [2.05, 4.69) is 30.1 Å². The Morgan fingerprint density at radius 1 is 1.26 bits per heavy atom. The summed E-state index contributed by atoms with van der Waals surface area (Å²) in [4.78, 5) is 16.7. The summed E-state index contributed by atoms with van der Waals surface area (Å²) in [6.45, 7) is 6.12. The Balaban J connectivity index is 1.42. The van der Waals surface area contributed by atoms with Crippen molar-refractivity contribution in [1.29, 1.82) is 0 Å². The molecule has 0 amide bonds. The molecule has 8 heteroatoms. The average molecular weight is 428 g/mol. The molecule has 3 aliphatic rings. The van der Waals surface area contributed by atoms with Crippen LogP contribution in [0.25, 0.3) is 11.3 Å². The minimum atomic E-state index is -0.295. The highest BCUT2D eigenvalue weighted by Gasteiger charge is 2.42. The number of rotatable bonds is 6. The second-order valence-corrected chi connectivity index (χ2v) is 8.72. The van der Waals surface area contributed by atoms with Gasteiger partial charge in [-0.1, -0.05) is 25.1 Å². The van der Waals surface area contributed by atoms with Crippen molar-refractivity contribution in [3.63, 3.8) is 0 Å². The molecule has 0 spiro atoms. The van der Waals surface area contributed by atoms with Crippen LogP contribution in [-0.2, 0) is 31.9 Å². The Labute approximate surface area is 181 Å². The van der Waals surface area contributed by atoms with Gasteiger partial charge < -0.3 is 23.7 Å². The van der Waals surface area contributed by atoms with Gasteiger partial charge in [0.25, 0.3) is 0 Å². The van der Waals surface area contributed by atoms with Crippen molar-refractivity contribution in [2.45, 2.75) is 32.1 Å². The Morgan fingerprint density at radius 2 is 2.13 bits per heavy atom. The van der Waals surface area contributed by atoms with Crippen molar-refractivity contribution in [1.82, 2.24) is 9.55 Å². The third-order valence-electron chi connectivity index (χ3n) is 6.33. The molecule has 0 aliphatic carbocycles. The van der Waals surface area contributed by atoms with Crippen LogP contribution in [0.3, 0.4) is 0 Å². The first-order valence-electron chi connectivity index (χ1n) is 10.8. The lowest BCUT2D eigenvalue weighted by Gasteiger charge is -2.44. The van der Waals surface area contributed by atoms with Gasteiger partial charge in [-0.2, -0.15) is 4.98 Å². The van der Waals surface area contributed by atoms with Crippen molar-refractivity contribution in [2.75, 3.05) is 46.8 Å². The lowest BCUT2D eigenvalue weighted by molar-refractivity contribution is -0.172. The largest absolute Gasteiger partial charge is 0.475 e. The van der Waals surface area contributed by atoms with E-state index >= 15 is 0 Å². The lowest BCUT2D eigenvalue weighted by Crippen LogP contribution is -2.45. The van der Waals surface area contributed by atoms with Gasteiger partial charge in [-0.05, 0) is 17.5 Å². The van der Waals surface area contributed by atoms with E-state index in [1.807, 2.05) is 6.07 Å². The van der Waals surface area contributed by atoms with E-state index in [1.165, 1.54) is 5.56 Å². The van der Waals surface area contributed by atoms with Crippen LogP contribution in [0, 0.1) is 5.41 Å². The highest BCUT2D eigenvalue weighted by Crippen LogP contribution is 2.43. The molecule has 166 valence electrons. The molecule has 0 N–H and O–H groups in total. The maximum absolute atomic E-state index is 12.6. The van der Waals surface area contributed by atoms with Gasteiger partial charge in [0.05, 0.1) is 44.8 Å². The predicted octanol–water partition coefficient (Wildman–Crippen LogP) is 1.98. The summed E-state index contributed by atoms with van der Waals surface area (Å²) in [5, 5.41) is 0. The molecular formula is C23H28N2O6. The van der Waals surface area contributed by atoms with Gasteiger partial charge in [-0.15, -0.1) is 0 Å². The molecule has 1 aromatic carbocycles. The van der Waals surface area contributed by atoms with Crippen LogP contribution in [0.15, 0.2) is 29.1 Å². The zero-order chi connectivity index (χ0) is 21.4. The molecule has 1 aromatic heterocycles. The SMILES string of the molecule is COC(c1ccc2c(c1)CCn1c-2cc(OC[C@@H]2COCCO2)nc1=O)C1(C)COC1. The first kappa shape index (κ1) is 20.6. The van der Waals surface area contributed by atoms with Gasteiger partial charge in [0.2, 0.25) is 5.88 Å². The van der Waals surface area contributed by atoms with Crippen LogP contribution >= 0.6 is 0 Å². The van der Waals surface area contributed by atoms with Gasteiger partial charge >= 0.3 is 5.69 Å². The van der Waals surface area contributed by atoms with E-state index in [1.54, 1.807) is 11.7 Å². The molecule has 1 unspecified atom stereocenters. The fourth-order valence-electron chi connectivity index (χ4n) is 4.67. The van der Waals surface area contributed by atoms with Crippen LogP contribution < -0.4 is 10.4 Å². The summed E-state index contributed by atoms with van der Waals surface area (Å²) >= 11 is 0. The zero-order valence-electron chi connectivity index (χ0n) is 18.0. The summed E-state index contributed by atoms with van der Waals surface area (Å²) in [7, 11) is 1.75. The molecule has 2 saturated heterocycles. The van der Waals surface area contributed by atoms with Gasteiger partial charge in [0, 0.05) is 30.7 Å². The van der Waals surface area contributed by atoms with Gasteiger partial charge in [-0.3, -0.25) is 4.57 Å². The number of hydrogen-bond acceptors (Lipinski definition) is 7. The molecule has 0 bridgehead atoms. The van der Waals surface area contributed by atoms with E-state index in [4.69, 9.17) is 23.7 Å². The molecular weight excluding hydrogens is 400 g/mol. The monoisotopic (exact) mass is 428 g/mol. The molecule has 2 atom stereocenters. The number of aryl methyl sites for hydroxylation is 1. The van der Waals surface area contributed by atoms with Crippen molar-refractivity contribution < 1.29 is 23.7 Å². The first-order chi connectivity index (χ1) is 15.1. The molecule has 2 fully saturated rings. The van der Waals surface area contributed by atoms with Gasteiger partial charge in [0.1, 0.15) is 12.7 Å². The Bertz CT molecular complexity index is 1010. The fraction of sp³-hybridized carbons (Fsp3) is 0.565. The number of nitrogens with zero attached hydrogens (tertiary/aromatic N) is 2. The number of ether oxygens (including phenoxy) is 5. The van der Waals surface area contributed by atoms with Crippen LogP contribution in [0.2, 0.25) is 0 Å². The molecule has 3 aliphatic heterocycles. The lowest BCUT2D eigenvalue weighted by atomic mass is 9.78. The number of fused-ring (bicyclic) bond motifs is 3. The molecule has 0 radical (unpaired) electrons. The zero-order valence-corrected chi connectivity index (χ0v) is 18.0. The average Bonchev–Trinajstić information content (AvgIpc) is 2.77. The van der Waals surface area contributed by atoms with Crippen LogP contribution in [0.4, 0.5) is 0 Å². The second-order valence-electron chi connectivity index (χ2n) is 8.72. The first-order valence-corrected chi connectivity index (χ1v) is 10.8. The smallest absolute Gasteiger partial charge is 0.351 e.